The van der Waals surface area contributed by atoms with Gasteiger partial charge in [0.1, 0.15) is 12.2 Å². The van der Waals surface area contributed by atoms with Crippen molar-refractivity contribution in [2.24, 2.45) is 10.9 Å². The van der Waals surface area contributed by atoms with Gasteiger partial charge in [-0.25, -0.2) is 4.39 Å². The van der Waals surface area contributed by atoms with Crippen molar-refractivity contribution >= 4 is 11.7 Å². The van der Waals surface area contributed by atoms with Crippen molar-refractivity contribution in [1.29, 1.82) is 0 Å². The van der Waals surface area contributed by atoms with Gasteiger partial charge in [-0.2, -0.15) is 0 Å². The number of halogens is 1. The van der Waals surface area contributed by atoms with E-state index >= 15 is 4.39 Å². The predicted octanol–water partition coefficient (Wildman–Crippen LogP) is 5.22. The second-order valence-corrected chi connectivity index (χ2v) is 11.8. The molecule has 222 valence electrons. The monoisotopic (exact) mass is 559 g/mol. The summed E-state index contributed by atoms with van der Waals surface area (Å²) in [4.78, 5) is 19.2. The number of hydrogen-bond donors (Lipinski definition) is 2. The number of ether oxygens (including phenoxy) is 3. The van der Waals surface area contributed by atoms with E-state index in [-0.39, 0.29) is 18.0 Å². The van der Waals surface area contributed by atoms with Gasteiger partial charge in [0.25, 0.3) is 0 Å². The first-order valence-corrected chi connectivity index (χ1v) is 14.6. The van der Waals surface area contributed by atoms with Gasteiger partial charge in [-0.05, 0) is 89.6 Å². The second kappa shape index (κ2) is 13.6. The number of aliphatic carboxylic acids is 1. The van der Waals surface area contributed by atoms with Crippen molar-refractivity contribution in [1.82, 2.24) is 10.2 Å². The molecule has 1 aromatic carbocycles. The number of carboxylic acids is 1. The summed E-state index contributed by atoms with van der Waals surface area (Å²) in [6.45, 7) is 8.57. The van der Waals surface area contributed by atoms with Crippen LogP contribution in [0.5, 0.6) is 5.75 Å². The van der Waals surface area contributed by atoms with Crippen molar-refractivity contribution in [3.05, 3.63) is 40.7 Å². The Morgan fingerprint density at radius 1 is 1.25 bits per heavy atom. The molecule has 8 nitrogen and oxygen atoms in total. The number of carboxylic acid groups (broad SMARTS) is 1. The van der Waals surface area contributed by atoms with Crippen LogP contribution < -0.4 is 10.1 Å². The molecule has 3 heterocycles. The Hall–Kier alpha value is -2.33. The number of dihydropyridines is 1. The van der Waals surface area contributed by atoms with Crippen LogP contribution in [0.25, 0.3) is 0 Å². The Morgan fingerprint density at radius 3 is 2.77 bits per heavy atom. The summed E-state index contributed by atoms with van der Waals surface area (Å²) in [5.41, 5.74) is 2.72. The number of methoxy groups -OCH3 is 2. The Morgan fingerprint density at radius 2 is 2.05 bits per heavy atom. The largest absolute Gasteiger partial charge is 0.493 e. The van der Waals surface area contributed by atoms with E-state index in [9.17, 15) is 9.90 Å². The number of unbranched alkanes of at least 4 members (excludes halogenated alkanes) is 2. The van der Waals surface area contributed by atoms with E-state index in [4.69, 9.17) is 19.2 Å². The van der Waals surface area contributed by atoms with E-state index in [2.05, 4.69) is 18.3 Å². The van der Waals surface area contributed by atoms with Crippen LogP contribution in [0.2, 0.25) is 0 Å². The molecule has 0 spiro atoms. The molecule has 9 heteroatoms. The average molecular weight is 560 g/mol. The summed E-state index contributed by atoms with van der Waals surface area (Å²) in [5, 5.41) is 13.7. The van der Waals surface area contributed by atoms with E-state index in [1.807, 2.05) is 18.7 Å². The van der Waals surface area contributed by atoms with Gasteiger partial charge in [-0.15, -0.1) is 0 Å². The quantitative estimate of drug-likeness (QED) is 0.320. The van der Waals surface area contributed by atoms with Crippen LogP contribution >= 0.6 is 0 Å². The van der Waals surface area contributed by atoms with Crippen LogP contribution in [0.1, 0.15) is 82.9 Å². The molecular formula is C31H46FN3O5. The maximum absolute atomic E-state index is 15.0. The highest BCUT2D eigenvalue weighted by Crippen LogP contribution is 2.38. The number of piperidine rings is 1. The first-order valence-electron chi connectivity index (χ1n) is 14.6. The third-order valence-corrected chi connectivity index (χ3v) is 8.69. The third-order valence-electron chi connectivity index (χ3n) is 8.69. The average Bonchev–Trinajstić information content (AvgIpc) is 3.38. The fourth-order valence-corrected chi connectivity index (χ4v) is 6.15. The molecule has 3 aliphatic heterocycles. The zero-order valence-corrected chi connectivity index (χ0v) is 24.7. The van der Waals surface area contributed by atoms with Gasteiger partial charge in [-0.3, -0.25) is 20.0 Å². The number of aliphatic imine (C=N–C) groups is 1. The molecule has 3 unspecified atom stereocenters. The number of likely N-dealkylation sites (tertiary alicyclic amines) is 1. The lowest BCUT2D eigenvalue weighted by molar-refractivity contribution is -0.143. The number of benzene rings is 1. The second-order valence-electron chi connectivity index (χ2n) is 11.8. The zero-order chi connectivity index (χ0) is 28.9. The van der Waals surface area contributed by atoms with Crippen LogP contribution in [0, 0.1) is 11.7 Å². The van der Waals surface area contributed by atoms with Crippen LogP contribution in [-0.4, -0.2) is 74.4 Å². The summed E-state index contributed by atoms with van der Waals surface area (Å²) in [6.07, 6.45) is 9.71. The molecule has 40 heavy (non-hydrogen) atoms. The minimum Gasteiger partial charge on any atom is -0.493 e. The highest BCUT2D eigenvalue weighted by molar-refractivity contribution is 5.96. The molecule has 0 aliphatic carbocycles. The zero-order valence-electron chi connectivity index (χ0n) is 24.7. The first-order chi connectivity index (χ1) is 19.1. The lowest BCUT2D eigenvalue weighted by atomic mass is 9.86. The Bertz CT molecular complexity index is 1100. The van der Waals surface area contributed by atoms with E-state index in [0.29, 0.717) is 36.7 Å². The van der Waals surface area contributed by atoms with E-state index in [1.54, 1.807) is 13.2 Å². The summed E-state index contributed by atoms with van der Waals surface area (Å²) >= 11 is 0. The number of nitrogens with zero attached hydrogens (tertiary/aromatic N) is 2. The summed E-state index contributed by atoms with van der Waals surface area (Å²) in [5.74, 6) is -1.14. The van der Waals surface area contributed by atoms with Crippen LogP contribution in [0.4, 0.5) is 4.39 Å². The lowest BCUT2D eigenvalue weighted by Crippen LogP contribution is -2.42. The van der Waals surface area contributed by atoms with Crippen molar-refractivity contribution in [2.45, 2.75) is 89.6 Å². The first kappa shape index (κ1) is 30.6. The van der Waals surface area contributed by atoms with Gasteiger partial charge in [0.15, 0.2) is 11.6 Å². The maximum Gasteiger partial charge on any atom is 0.325 e. The number of hydrogen-bond acceptors (Lipinski definition) is 7. The number of fused-ring (bicyclic) bond motifs is 1. The van der Waals surface area contributed by atoms with Crippen molar-refractivity contribution in [2.75, 3.05) is 40.5 Å². The Kier molecular flexibility index (Phi) is 10.4. The standard InChI is InChI=1S/C31H46FN3O5/c1-20-16-22(34-29-24(20)11-9-13-33-29)10-7-6-8-15-40-23-12-14-35(19-23)27(30(36)37)25-17-21(31(2,3)39-5)18-26(32)28(25)38-4/h16-18,23-24,27,29,33H,6-15,19H2,1-5H3,(H,36,37)/t23-,24?,27?,29?/m1/s1. The Labute approximate surface area is 238 Å². The normalized spacial score (nSPS) is 24.3. The molecule has 0 bridgehead atoms. The predicted molar refractivity (Wildman–Crippen MR) is 153 cm³/mol. The molecule has 0 aromatic heterocycles. The SMILES string of the molecule is COc1c(F)cc(C(C)(C)OC)cc1C(C(=O)O)N1CC[C@@H](OCCCCCC2=NC3NCCCC3C(C)=C2)C1. The molecule has 0 radical (unpaired) electrons. The van der Waals surface area contributed by atoms with Crippen LogP contribution in [-0.2, 0) is 19.9 Å². The maximum atomic E-state index is 15.0. The highest BCUT2D eigenvalue weighted by atomic mass is 19.1. The molecule has 0 amide bonds. The highest BCUT2D eigenvalue weighted by Gasteiger charge is 2.37. The van der Waals surface area contributed by atoms with Gasteiger partial charge in [0.2, 0.25) is 0 Å². The summed E-state index contributed by atoms with van der Waals surface area (Å²) in [6, 6.07) is 2.00. The van der Waals surface area contributed by atoms with Gasteiger partial charge in [0, 0.05) is 44.0 Å². The fourth-order valence-electron chi connectivity index (χ4n) is 6.15. The smallest absolute Gasteiger partial charge is 0.325 e. The minimum atomic E-state index is -1.05. The van der Waals surface area contributed by atoms with Crippen LogP contribution in [0.15, 0.2) is 28.8 Å². The molecule has 2 fully saturated rings. The number of allylic oxidation sites excluding steroid dienone is 1. The molecule has 3 aliphatic rings. The lowest BCUT2D eigenvalue weighted by Gasteiger charge is -2.34. The van der Waals surface area contributed by atoms with Gasteiger partial charge >= 0.3 is 5.97 Å². The number of carbonyl (C=O) groups is 1. The fraction of sp³-hybridized carbons (Fsp3) is 0.677. The topological polar surface area (TPSA) is 92.6 Å². The molecule has 2 saturated heterocycles. The number of nitrogens with one attached hydrogen (secondary N) is 1. The van der Waals surface area contributed by atoms with Gasteiger partial charge in [0.05, 0.1) is 18.8 Å². The molecule has 2 N–H and O–H groups in total. The van der Waals surface area contributed by atoms with Gasteiger partial charge < -0.3 is 19.3 Å². The van der Waals surface area contributed by atoms with Gasteiger partial charge in [-0.1, -0.05) is 12.0 Å². The molecule has 4 rings (SSSR count). The van der Waals surface area contributed by atoms with E-state index < -0.39 is 23.4 Å². The minimum absolute atomic E-state index is 0.0465. The summed E-state index contributed by atoms with van der Waals surface area (Å²) in [7, 11) is 2.91. The van der Waals surface area contributed by atoms with E-state index in [1.165, 1.54) is 37.3 Å². The number of rotatable bonds is 13. The van der Waals surface area contributed by atoms with Crippen molar-refractivity contribution in [3.8, 4) is 5.75 Å². The van der Waals surface area contributed by atoms with Crippen molar-refractivity contribution in [3.63, 3.8) is 0 Å². The molecular weight excluding hydrogens is 513 g/mol. The molecule has 4 atom stereocenters. The Balaban J connectivity index is 1.28. The molecule has 1 aromatic rings. The van der Waals surface area contributed by atoms with Crippen LogP contribution in [0.3, 0.4) is 0 Å². The van der Waals surface area contributed by atoms with Crippen molar-refractivity contribution < 1.29 is 28.5 Å². The summed E-state index contributed by atoms with van der Waals surface area (Å²) < 4.78 is 32.0. The third kappa shape index (κ3) is 7.11. The molecule has 0 saturated carbocycles. The van der Waals surface area contributed by atoms with E-state index in [0.717, 1.165) is 38.6 Å².